The largest absolute Gasteiger partial charge is 0.299 e. The molecule has 0 amide bonds. The van der Waals surface area contributed by atoms with Gasteiger partial charge in [-0.05, 0) is 31.7 Å². The first-order valence-electron chi connectivity index (χ1n) is 5.53. The molecule has 0 bridgehead atoms. The second-order valence-corrected chi connectivity index (χ2v) is 4.85. The molecule has 1 aromatic carbocycles. The van der Waals surface area contributed by atoms with E-state index in [1.165, 1.54) is 0 Å². The van der Waals surface area contributed by atoms with Crippen LogP contribution in [0.2, 0.25) is 0 Å². The van der Waals surface area contributed by atoms with Crippen LogP contribution < -0.4 is 0 Å². The lowest BCUT2D eigenvalue weighted by molar-refractivity contribution is -0.122. The van der Waals surface area contributed by atoms with Gasteiger partial charge in [-0.25, -0.2) is 0 Å². The third-order valence-electron chi connectivity index (χ3n) is 3.00. The molecule has 0 aliphatic rings. The zero-order valence-corrected chi connectivity index (χ0v) is 10.1. The van der Waals surface area contributed by atoms with Crippen molar-refractivity contribution in [2.24, 2.45) is 5.92 Å². The molecule has 0 fully saturated rings. The van der Waals surface area contributed by atoms with Gasteiger partial charge in [0.25, 0.3) is 0 Å². The van der Waals surface area contributed by atoms with Crippen LogP contribution in [-0.2, 0) is 10.2 Å². The molecular weight excluding hydrogens is 184 g/mol. The number of ketones is 1. The first kappa shape index (κ1) is 12.0. The van der Waals surface area contributed by atoms with E-state index in [9.17, 15) is 4.79 Å². The summed E-state index contributed by atoms with van der Waals surface area (Å²) in [5.74, 6) is 0.779. The number of carbonyl (C=O) groups excluding carboxylic acids is 1. The molecule has 1 unspecified atom stereocenters. The van der Waals surface area contributed by atoms with E-state index in [0.29, 0.717) is 5.92 Å². The van der Waals surface area contributed by atoms with Gasteiger partial charge in [0.15, 0.2) is 0 Å². The van der Waals surface area contributed by atoms with Crippen LogP contribution in [0.4, 0.5) is 0 Å². The molecule has 0 radical (unpaired) electrons. The van der Waals surface area contributed by atoms with Crippen LogP contribution in [0.5, 0.6) is 0 Å². The van der Waals surface area contributed by atoms with E-state index in [-0.39, 0.29) is 11.2 Å². The molecule has 0 N–H and O–H groups in total. The maximum absolute atomic E-state index is 11.8. The molecule has 0 aliphatic heterocycles. The predicted molar refractivity (Wildman–Crippen MR) is 63.9 cm³/mol. The number of Topliss-reactive ketones (excluding diaryl/α,β-unsaturated/α-hetero) is 1. The summed E-state index contributed by atoms with van der Waals surface area (Å²) in [7, 11) is 0. The number of hydrogen-bond donors (Lipinski definition) is 0. The van der Waals surface area contributed by atoms with Crippen molar-refractivity contribution < 1.29 is 4.79 Å². The second-order valence-electron chi connectivity index (χ2n) is 4.85. The number of benzene rings is 1. The molecule has 0 saturated carbocycles. The molecule has 1 heteroatoms. The summed E-state index contributed by atoms with van der Waals surface area (Å²) < 4.78 is 0. The molecule has 1 aromatic rings. The van der Waals surface area contributed by atoms with Gasteiger partial charge in [-0.3, -0.25) is 4.79 Å². The number of hydrogen-bond acceptors (Lipinski definition) is 1. The zero-order chi connectivity index (χ0) is 11.5. The normalized spacial score (nSPS) is 15.0. The first-order valence-corrected chi connectivity index (χ1v) is 5.53. The van der Waals surface area contributed by atoms with Crippen molar-refractivity contribution in [3.05, 3.63) is 35.9 Å². The molecule has 0 aromatic heterocycles. The van der Waals surface area contributed by atoms with Gasteiger partial charge < -0.3 is 0 Å². The molecule has 1 rings (SSSR count). The Labute approximate surface area is 92.5 Å². The van der Waals surface area contributed by atoms with Gasteiger partial charge in [0, 0.05) is 0 Å². The van der Waals surface area contributed by atoms with Crippen LogP contribution in [0.25, 0.3) is 0 Å². The summed E-state index contributed by atoms with van der Waals surface area (Å²) in [5.41, 5.74) is 0.807. The van der Waals surface area contributed by atoms with E-state index in [4.69, 9.17) is 0 Å². The van der Waals surface area contributed by atoms with E-state index < -0.39 is 0 Å². The molecule has 1 nitrogen and oxygen atoms in total. The maximum Gasteiger partial charge on any atom is 0.140 e. The summed E-state index contributed by atoms with van der Waals surface area (Å²) in [6.45, 7) is 8.05. The minimum absolute atomic E-state index is 0.252. The van der Waals surface area contributed by atoms with Crippen LogP contribution in [0.3, 0.4) is 0 Å². The third-order valence-corrected chi connectivity index (χ3v) is 3.00. The van der Waals surface area contributed by atoms with Crippen LogP contribution >= 0.6 is 0 Å². The highest BCUT2D eigenvalue weighted by Crippen LogP contribution is 2.31. The summed E-state index contributed by atoms with van der Waals surface area (Å²) in [5, 5.41) is 0. The lowest BCUT2D eigenvalue weighted by atomic mass is 9.73. The van der Waals surface area contributed by atoms with Gasteiger partial charge in [-0.2, -0.15) is 0 Å². The van der Waals surface area contributed by atoms with Crippen molar-refractivity contribution in [2.75, 3.05) is 0 Å². The Kier molecular flexibility index (Phi) is 3.67. The van der Waals surface area contributed by atoms with E-state index in [0.717, 1.165) is 12.0 Å². The Morgan fingerprint density at radius 1 is 1.27 bits per heavy atom. The highest BCUT2D eigenvalue weighted by molar-refractivity contribution is 5.87. The summed E-state index contributed by atoms with van der Waals surface area (Å²) in [4.78, 5) is 11.8. The monoisotopic (exact) mass is 204 g/mol. The SMILES string of the molecule is CC(=O)C(C)(CC(C)C)c1ccccc1. The molecule has 1 atom stereocenters. The van der Waals surface area contributed by atoms with Crippen LogP contribution in [0.15, 0.2) is 30.3 Å². The molecule has 0 spiro atoms. The van der Waals surface area contributed by atoms with E-state index in [1.807, 2.05) is 37.3 Å². The molecule has 0 heterocycles. The zero-order valence-electron chi connectivity index (χ0n) is 10.1. The van der Waals surface area contributed by atoms with Crippen molar-refractivity contribution in [1.82, 2.24) is 0 Å². The third kappa shape index (κ3) is 2.68. The van der Waals surface area contributed by atoms with Gasteiger partial charge in [-0.1, -0.05) is 44.2 Å². The van der Waals surface area contributed by atoms with Crippen molar-refractivity contribution in [3.8, 4) is 0 Å². The summed E-state index contributed by atoms with van der Waals surface area (Å²) in [6, 6.07) is 10.1. The molecule has 15 heavy (non-hydrogen) atoms. The van der Waals surface area contributed by atoms with Crippen LogP contribution in [-0.4, -0.2) is 5.78 Å². The topological polar surface area (TPSA) is 17.1 Å². The Morgan fingerprint density at radius 3 is 2.20 bits per heavy atom. The fourth-order valence-electron chi connectivity index (χ4n) is 2.09. The fourth-order valence-corrected chi connectivity index (χ4v) is 2.09. The Hall–Kier alpha value is -1.11. The molecule has 0 saturated heterocycles. The predicted octanol–water partition coefficient (Wildman–Crippen LogP) is 3.58. The minimum atomic E-state index is -0.324. The number of rotatable bonds is 4. The van der Waals surface area contributed by atoms with Gasteiger partial charge in [0.05, 0.1) is 5.41 Å². The molecule has 0 aliphatic carbocycles. The standard InChI is InChI=1S/C14H20O/c1-11(2)10-14(4,12(3)15)13-8-6-5-7-9-13/h5-9,11H,10H2,1-4H3. The van der Waals surface area contributed by atoms with Crippen LogP contribution in [0.1, 0.15) is 39.7 Å². The quantitative estimate of drug-likeness (QED) is 0.732. The average molecular weight is 204 g/mol. The van der Waals surface area contributed by atoms with E-state index in [1.54, 1.807) is 6.92 Å². The van der Waals surface area contributed by atoms with Crippen molar-refractivity contribution >= 4 is 5.78 Å². The second kappa shape index (κ2) is 4.61. The minimum Gasteiger partial charge on any atom is -0.299 e. The van der Waals surface area contributed by atoms with Gasteiger partial charge in [0.1, 0.15) is 5.78 Å². The number of carbonyl (C=O) groups is 1. The lowest BCUT2D eigenvalue weighted by Crippen LogP contribution is -2.32. The Morgan fingerprint density at radius 2 is 1.80 bits per heavy atom. The highest BCUT2D eigenvalue weighted by atomic mass is 16.1. The highest BCUT2D eigenvalue weighted by Gasteiger charge is 2.32. The van der Waals surface area contributed by atoms with E-state index >= 15 is 0 Å². The van der Waals surface area contributed by atoms with Gasteiger partial charge >= 0.3 is 0 Å². The van der Waals surface area contributed by atoms with Crippen molar-refractivity contribution in [2.45, 2.75) is 39.5 Å². The Bertz CT molecular complexity index is 326. The average Bonchev–Trinajstić information content (AvgIpc) is 2.17. The summed E-state index contributed by atoms with van der Waals surface area (Å²) in [6.07, 6.45) is 0.909. The fraction of sp³-hybridized carbons (Fsp3) is 0.500. The van der Waals surface area contributed by atoms with Crippen molar-refractivity contribution in [3.63, 3.8) is 0 Å². The van der Waals surface area contributed by atoms with E-state index in [2.05, 4.69) is 13.8 Å². The lowest BCUT2D eigenvalue weighted by Gasteiger charge is -2.29. The maximum atomic E-state index is 11.8. The van der Waals surface area contributed by atoms with Gasteiger partial charge in [-0.15, -0.1) is 0 Å². The summed E-state index contributed by atoms with van der Waals surface area (Å²) >= 11 is 0. The Balaban J connectivity index is 3.07. The van der Waals surface area contributed by atoms with Crippen molar-refractivity contribution in [1.29, 1.82) is 0 Å². The molecular formula is C14H20O. The van der Waals surface area contributed by atoms with Gasteiger partial charge in [0.2, 0.25) is 0 Å². The molecule has 82 valence electrons. The first-order chi connectivity index (χ1) is 6.97. The smallest absolute Gasteiger partial charge is 0.140 e. The van der Waals surface area contributed by atoms with Crippen LogP contribution in [0, 0.1) is 5.92 Å².